The molecule has 0 saturated heterocycles. The van der Waals surface area contributed by atoms with Crippen molar-refractivity contribution in [2.45, 2.75) is 38.5 Å². The lowest BCUT2D eigenvalue weighted by molar-refractivity contribution is -0.117. The molecule has 0 unspecified atom stereocenters. The number of rotatable bonds is 4. The number of furan rings is 1. The first kappa shape index (κ1) is 17.0. The van der Waals surface area contributed by atoms with Crippen LogP contribution in [0.3, 0.4) is 0 Å². The van der Waals surface area contributed by atoms with E-state index in [4.69, 9.17) is 4.42 Å². The number of amides is 1. The summed E-state index contributed by atoms with van der Waals surface area (Å²) in [4.78, 5) is 16.8. The third-order valence-corrected chi connectivity index (χ3v) is 5.51. The summed E-state index contributed by atoms with van der Waals surface area (Å²) in [5, 5.41) is 8.56. The Morgan fingerprint density at radius 2 is 2.00 bits per heavy atom. The molecular weight excluding hydrogens is 352 g/mol. The fourth-order valence-corrected chi connectivity index (χ4v) is 4.06. The number of carbonyl (C=O) groups excluding carboxylic acids is 1. The molecule has 3 heterocycles. The van der Waals surface area contributed by atoms with Gasteiger partial charge < -0.3 is 9.73 Å². The Bertz CT molecular complexity index is 1100. The molecule has 0 atom stereocenters. The molecule has 28 heavy (non-hydrogen) atoms. The summed E-state index contributed by atoms with van der Waals surface area (Å²) < 4.78 is 7.67. The average Bonchev–Trinajstić information content (AvgIpc) is 3.32. The van der Waals surface area contributed by atoms with Gasteiger partial charge in [0.1, 0.15) is 11.3 Å². The summed E-state index contributed by atoms with van der Waals surface area (Å²) in [7, 11) is 0. The molecule has 6 heteroatoms. The van der Waals surface area contributed by atoms with E-state index in [1.165, 1.54) is 19.3 Å². The van der Waals surface area contributed by atoms with E-state index in [-0.39, 0.29) is 5.91 Å². The Balaban J connectivity index is 1.40. The SMILES string of the molecule is O=C(CC1CCCCC1)Nc1ccc2ncc(-c3cc4ccccc4o3)n2n1. The van der Waals surface area contributed by atoms with E-state index in [2.05, 4.69) is 15.4 Å². The minimum atomic E-state index is 0.0316. The maximum atomic E-state index is 12.4. The maximum Gasteiger partial charge on any atom is 0.225 e. The van der Waals surface area contributed by atoms with Gasteiger partial charge in [0.05, 0.1) is 6.20 Å². The van der Waals surface area contributed by atoms with Crippen molar-refractivity contribution in [3.8, 4) is 11.5 Å². The van der Waals surface area contributed by atoms with Crippen molar-refractivity contribution in [3.05, 3.63) is 48.7 Å². The molecule has 1 amide bonds. The normalized spacial score (nSPS) is 15.3. The third kappa shape index (κ3) is 3.26. The van der Waals surface area contributed by atoms with E-state index < -0.39 is 0 Å². The summed E-state index contributed by atoms with van der Waals surface area (Å²) in [6.07, 6.45) is 8.38. The quantitative estimate of drug-likeness (QED) is 0.542. The fraction of sp³-hybridized carbons (Fsp3) is 0.318. The van der Waals surface area contributed by atoms with E-state index in [9.17, 15) is 4.79 Å². The number of imidazole rings is 1. The van der Waals surface area contributed by atoms with Crippen molar-refractivity contribution in [2.24, 2.45) is 5.92 Å². The van der Waals surface area contributed by atoms with Gasteiger partial charge in [0, 0.05) is 11.8 Å². The molecule has 6 nitrogen and oxygen atoms in total. The highest BCUT2D eigenvalue weighted by atomic mass is 16.3. The summed E-state index contributed by atoms with van der Waals surface area (Å²) in [6, 6.07) is 13.5. The zero-order valence-corrected chi connectivity index (χ0v) is 15.6. The molecule has 1 aliphatic rings. The van der Waals surface area contributed by atoms with Crippen molar-refractivity contribution < 1.29 is 9.21 Å². The zero-order chi connectivity index (χ0) is 18.9. The standard InChI is InChI=1S/C22H22N4O2/c27-22(12-15-6-2-1-3-7-15)24-20-10-11-21-23-14-17(26(21)25-20)19-13-16-8-4-5-9-18(16)28-19/h4-5,8-11,13-15H,1-3,6-7,12H2,(H,24,25,27). The van der Waals surface area contributed by atoms with Crippen LogP contribution in [0.25, 0.3) is 28.1 Å². The summed E-state index contributed by atoms with van der Waals surface area (Å²) >= 11 is 0. The minimum Gasteiger partial charge on any atom is -0.454 e. The molecular formula is C22H22N4O2. The van der Waals surface area contributed by atoms with Crippen LogP contribution in [-0.4, -0.2) is 20.5 Å². The number of benzene rings is 1. The second kappa shape index (κ2) is 7.11. The molecule has 0 spiro atoms. The van der Waals surface area contributed by atoms with Crippen LogP contribution >= 0.6 is 0 Å². The number of hydrogen-bond donors (Lipinski definition) is 1. The van der Waals surface area contributed by atoms with E-state index in [0.717, 1.165) is 29.5 Å². The van der Waals surface area contributed by atoms with Gasteiger partial charge in [0.15, 0.2) is 17.2 Å². The van der Waals surface area contributed by atoms with E-state index in [0.29, 0.717) is 29.6 Å². The number of carbonyl (C=O) groups is 1. The van der Waals surface area contributed by atoms with Crippen LogP contribution < -0.4 is 5.32 Å². The van der Waals surface area contributed by atoms with Crippen molar-refractivity contribution >= 4 is 28.3 Å². The largest absolute Gasteiger partial charge is 0.454 e. The maximum absolute atomic E-state index is 12.4. The summed E-state index contributed by atoms with van der Waals surface area (Å²) in [5.74, 6) is 1.76. The third-order valence-electron chi connectivity index (χ3n) is 5.51. The monoisotopic (exact) mass is 374 g/mol. The van der Waals surface area contributed by atoms with Gasteiger partial charge in [0.25, 0.3) is 0 Å². The first-order chi connectivity index (χ1) is 13.8. The van der Waals surface area contributed by atoms with Crippen molar-refractivity contribution in [2.75, 3.05) is 5.32 Å². The zero-order valence-electron chi connectivity index (χ0n) is 15.6. The van der Waals surface area contributed by atoms with Crippen molar-refractivity contribution in [1.82, 2.24) is 14.6 Å². The fourth-order valence-electron chi connectivity index (χ4n) is 4.06. The van der Waals surface area contributed by atoms with Gasteiger partial charge in [-0.25, -0.2) is 9.50 Å². The van der Waals surface area contributed by atoms with Crippen LogP contribution in [0.1, 0.15) is 38.5 Å². The lowest BCUT2D eigenvalue weighted by Gasteiger charge is -2.20. The predicted octanol–water partition coefficient (Wildman–Crippen LogP) is 5.05. The van der Waals surface area contributed by atoms with Gasteiger partial charge >= 0.3 is 0 Å². The van der Waals surface area contributed by atoms with Crippen LogP contribution in [0.2, 0.25) is 0 Å². The van der Waals surface area contributed by atoms with Crippen molar-refractivity contribution in [3.63, 3.8) is 0 Å². The van der Waals surface area contributed by atoms with Gasteiger partial charge in [-0.05, 0) is 43.0 Å². The number of para-hydroxylation sites is 1. The second-order valence-corrected chi connectivity index (χ2v) is 7.54. The number of nitrogens with zero attached hydrogens (tertiary/aromatic N) is 3. The molecule has 5 rings (SSSR count). The number of fused-ring (bicyclic) bond motifs is 2. The number of aromatic nitrogens is 3. The molecule has 1 aliphatic carbocycles. The van der Waals surface area contributed by atoms with Crippen LogP contribution in [0.15, 0.2) is 53.1 Å². The second-order valence-electron chi connectivity index (χ2n) is 7.54. The predicted molar refractivity (Wildman–Crippen MR) is 108 cm³/mol. The topological polar surface area (TPSA) is 72.4 Å². The Hall–Kier alpha value is -3.15. The van der Waals surface area contributed by atoms with Gasteiger partial charge in [-0.3, -0.25) is 4.79 Å². The summed E-state index contributed by atoms with van der Waals surface area (Å²) in [6.45, 7) is 0. The van der Waals surface area contributed by atoms with E-state index >= 15 is 0 Å². The molecule has 0 aliphatic heterocycles. The Morgan fingerprint density at radius 3 is 2.86 bits per heavy atom. The van der Waals surface area contributed by atoms with Gasteiger partial charge in [-0.15, -0.1) is 5.10 Å². The molecule has 0 radical (unpaired) electrons. The number of anilines is 1. The van der Waals surface area contributed by atoms with Gasteiger partial charge in [-0.2, -0.15) is 0 Å². The molecule has 1 fully saturated rings. The molecule has 142 valence electrons. The molecule has 4 aromatic rings. The van der Waals surface area contributed by atoms with Crippen LogP contribution in [0, 0.1) is 5.92 Å². The molecule has 0 bridgehead atoms. The first-order valence-electron chi connectivity index (χ1n) is 9.90. The van der Waals surface area contributed by atoms with Crippen LogP contribution in [0.5, 0.6) is 0 Å². The van der Waals surface area contributed by atoms with E-state index in [1.807, 2.05) is 36.4 Å². The summed E-state index contributed by atoms with van der Waals surface area (Å²) in [5.41, 5.74) is 2.29. The molecule has 3 aromatic heterocycles. The number of nitrogens with one attached hydrogen (secondary N) is 1. The van der Waals surface area contributed by atoms with E-state index in [1.54, 1.807) is 16.8 Å². The lowest BCUT2D eigenvalue weighted by Crippen LogP contribution is -2.19. The smallest absolute Gasteiger partial charge is 0.225 e. The average molecular weight is 374 g/mol. The van der Waals surface area contributed by atoms with Crippen LogP contribution in [-0.2, 0) is 4.79 Å². The Labute approximate surface area is 162 Å². The number of hydrogen-bond acceptors (Lipinski definition) is 4. The molecule has 1 saturated carbocycles. The molecule has 1 N–H and O–H groups in total. The van der Waals surface area contributed by atoms with Gasteiger partial charge in [-0.1, -0.05) is 37.5 Å². The highest BCUT2D eigenvalue weighted by Crippen LogP contribution is 2.29. The Morgan fingerprint density at radius 1 is 1.14 bits per heavy atom. The highest BCUT2D eigenvalue weighted by molar-refractivity contribution is 5.90. The minimum absolute atomic E-state index is 0.0316. The highest BCUT2D eigenvalue weighted by Gasteiger charge is 2.18. The van der Waals surface area contributed by atoms with Crippen molar-refractivity contribution in [1.29, 1.82) is 0 Å². The Kier molecular flexibility index (Phi) is 4.31. The van der Waals surface area contributed by atoms with Gasteiger partial charge in [0.2, 0.25) is 5.91 Å². The van der Waals surface area contributed by atoms with Crippen LogP contribution in [0.4, 0.5) is 5.82 Å². The molecule has 1 aromatic carbocycles. The first-order valence-corrected chi connectivity index (χ1v) is 9.90. The lowest BCUT2D eigenvalue weighted by atomic mass is 9.87.